The quantitative estimate of drug-likeness (QED) is 0.850. The van der Waals surface area contributed by atoms with Gasteiger partial charge in [0.25, 0.3) is 0 Å². The van der Waals surface area contributed by atoms with Crippen molar-refractivity contribution >= 4 is 17.3 Å². The molecule has 1 aliphatic rings. The molecule has 0 spiro atoms. The Morgan fingerprint density at radius 1 is 1.47 bits per heavy atom. The molecular formula is C12H14ClN5O. The third kappa shape index (κ3) is 2.17. The Kier molecular flexibility index (Phi) is 3.12. The van der Waals surface area contributed by atoms with Gasteiger partial charge in [-0.1, -0.05) is 11.6 Å². The maximum atomic E-state index is 6.22. The summed E-state index contributed by atoms with van der Waals surface area (Å²) in [4.78, 5) is 0. The number of tetrazole rings is 1. The van der Waals surface area contributed by atoms with Crippen LogP contribution >= 0.6 is 11.6 Å². The molecule has 2 heterocycles. The van der Waals surface area contributed by atoms with Crippen molar-refractivity contribution in [1.29, 1.82) is 0 Å². The Balaban J connectivity index is 2.04. The standard InChI is InChI=1S/C12H14ClN5O/c1-7-11(4-5-19-7)18-12(15-16-17-18)9-3-2-8(14)6-10(9)13/h2-3,6-7,11H,4-5,14H2,1H3. The Morgan fingerprint density at radius 2 is 2.32 bits per heavy atom. The Labute approximate surface area is 115 Å². The lowest BCUT2D eigenvalue weighted by atomic mass is 10.1. The van der Waals surface area contributed by atoms with Crippen LogP contribution in [-0.4, -0.2) is 32.9 Å². The van der Waals surface area contributed by atoms with Crippen molar-refractivity contribution in [3.63, 3.8) is 0 Å². The molecule has 6 nitrogen and oxygen atoms in total. The average Bonchev–Trinajstić information content (AvgIpc) is 2.97. The number of hydrogen-bond acceptors (Lipinski definition) is 5. The summed E-state index contributed by atoms with van der Waals surface area (Å²) >= 11 is 6.22. The number of rotatable bonds is 2. The van der Waals surface area contributed by atoms with Crippen LogP contribution in [0.25, 0.3) is 11.4 Å². The maximum Gasteiger partial charge on any atom is 0.183 e. The van der Waals surface area contributed by atoms with Gasteiger partial charge in [0, 0.05) is 17.9 Å². The zero-order valence-corrected chi connectivity index (χ0v) is 11.2. The fraction of sp³-hybridized carbons (Fsp3) is 0.417. The lowest BCUT2D eigenvalue weighted by Gasteiger charge is -2.16. The van der Waals surface area contributed by atoms with Gasteiger partial charge in [0.2, 0.25) is 0 Å². The first-order chi connectivity index (χ1) is 9.16. The van der Waals surface area contributed by atoms with Gasteiger partial charge < -0.3 is 10.5 Å². The van der Waals surface area contributed by atoms with Gasteiger partial charge in [-0.15, -0.1) is 5.10 Å². The minimum absolute atomic E-state index is 0.0924. The first-order valence-electron chi connectivity index (χ1n) is 6.11. The van der Waals surface area contributed by atoms with E-state index in [1.807, 2.05) is 13.0 Å². The van der Waals surface area contributed by atoms with Crippen molar-refractivity contribution in [3.05, 3.63) is 23.2 Å². The predicted molar refractivity (Wildman–Crippen MR) is 71.7 cm³/mol. The maximum absolute atomic E-state index is 6.22. The highest BCUT2D eigenvalue weighted by Gasteiger charge is 2.29. The van der Waals surface area contributed by atoms with Gasteiger partial charge >= 0.3 is 0 Å². The third-order valence-corrected chi connectivity index (χ3v) is 3.69. The van der Waals surface area contributed by atoms with E-state index in [-0.39, 0.29) is 12.1 Å². The molecule has 0 saturated carbocycles. The van der Waals surface area contributed by atoms with Gasteiger partial charge in [0.1, 0.15) is 0 Å². The van der Waals surface area contributed by atoms with E-state index in [1.54, 1.807) is 16.8 Å². The monoisotopic (exact) mass is 279 g/mol. The van der Waals surface area contributed by atoms with Crippen LogP contribution in [0.5, 0.6) is 0 Å². The van der Waals surface area contributed by atoms with Gasteiger partial charge in [0.15, 0.2) is 5.82 Å². The van der Waals surface area contributed by atoms with Crippen LogP contribution in [0.15, 0.2) is 18.2 Å². The van der Waals surface area contributed by atoms with Crippen LogP contribution < -0.4 is 5.73 Å². The Bertz CT molecular complexity index is 600. The summed E-state index contributed by atoms with van der Waals surface area (Å²) in [6, 6.07) is 5.46. The molecule has 19 heavy (non-hydrogen) atoms. The first kappa shape index (κ1) is 12.4. The molecule has 0 amide bonds. The fourth-order valence-corrected chi connectivity index (χ4v) is 2.62. The van der Waals surface area contributed by atoms with Gasteiger partial charge in [0.05, 0.1) is 17.2 Å². The minimum Gasteiger partial charge on any atom is -0.399 e. The van der Waals surface area contributed by atoms with E-state index in [4.69, 9.17) is 22.1 Å². The minimum atomic E-state index is 0.0924. The molecule has 7 heteroatoms. The van der Waals surface area contributed by atoms with Crippen molar-refractivity contribution in [2.24, 2.45) is 0 Å². The molecule has 2 aromatic rings. The Hall–Kier alpha value is -1.66. The number of nitrogens with two attached hydrogens (primary N) is 1. The summed E-state index contributed by atoms with van der Waals surface area (Å²) in [6.07, 6.45) is 0.987. The van der Waals surface area contributed by atoms with E-state index in [1.165, 1.54) is 0 Å². The molecule has 1 fully saturated rings. The van der Waals surface area contributed by atoms with Crippen molar-refractivity contribution in [2.75, 3.05) is 12.3 Å². The average molecular weight is 280 g/mol. The summed E-state index contributed by atoms with van der Waals surface area (Å²) in [5.74, 6) is 0.646. The lowest BCUT2D eigenvalue weighted by Crippen LogP contribution is -2.19. The smallest absolute Gasteiger partial charge is 0.183 e. The zero-order valence-electron chi connectivity index (χ0n) is 10.5. The van der Waals surface area contributed by atoms with Gasteiger partial charge in [-0.05, 0) is 42.0 Å². The normalized spacial score (nSPS) is 22.8. The molecule has 1 saturated heterocycles. The first-order valence-corrected chi connectivity index (χ1v) is 6.49. The van der Waals surface area contributed by atoms with Crippen LogP contribution in [0.4, 0.5) is 5.69 Å². The summed E-state index contributed by atoms with van der Waals surface area (Å²) in [6.45, 7) is 2.74. The second kappa shape index (κ2) is 4.79. The molecule has 1 aromatic heterocycles. The van der Waals surface area contributed by atoms with E-state index in [2.05, 4.69) is 15.5 Å². The van der Waals surface area contributed by atoms with Gasteiger partial charge in [-0.3, -0.25) is 0 Å². The van der Waals surface area contributed by atoms with Gasteiger partial charge in [-0.2, -0.15) is 0 Å². The number of nitrogens with zero attached hydrogens (tertiary/aromatic N) is 4. The molecule has 0 aliphatic carbocycles. The van der Waals surface area contributed by atoms with Crippen molar-refractivity contribution in [1.82, 2.24) is 20.2 Å². The van der Waals surface area contributed by atoms with Crippen molar-refractivity contribution in [3.8, 4) is 11.4 Å². The van der Waals surface area contributed by atoms with Crippen LogP contribution in [0.2, 0.25) is 5.02 Å². The topological polar surface area (TPSA) is 78.8 Å². The Morgan fingerprint density at radius 3 is 3.00 bits per heavy atom. The summed E-state index contributed by atoms with van der Waals surface area (Å²) < 4.78 is 7.35. The van der Waals surface area contributed by atoms with E-state index >= 15 is 0 Å². The molecule has 1 aliphatic heterocycles. The SMILES string of the molecule is CC1OCCC1n1nnnc1-c1ccc(N)cc1Cl. The number of hydrogen-bond donors (Lipinski definition) is 1. The largest absolute Gasteiger partial charge is 0.399 e. The number of ether oxygens (including phenoxy) is 1. The summed E-state index contributed by atoms with van der Waals surface area (Å²) in [5, 5.41) is 12.5. The highest BCUT2D eigenvalue weighted by Crippen LogP contribution is 2.32. The second-order valence-corrected chi connectivity index (χ2v) is 5.03. The third-order valence-electron chi connectivity index (χ3n) is 3.38. The van der Waals surface area contributed by atoms with Crippen molar-refractivity contribution in [2.45, 2.75) is 25.5 Å². The lowest BCUT2D eigenvalue weighted by molar-refractivity contribution is 0.105. The highest BCUT2D eigenvalue weighted by atomic mass is 35.5. The van der Waals surface area contributed by atoms with Crippen LogP contribution in [-0.2, 0) is 4.74 Å². The van der Waals surface area contributed by atoms with E-state index in [0.717, 1.165) is 18.6 Å². The number of anilines is 1. The molecular weight excluding hydrogens is 266 g/mol. The summed E-state index contributed by atoms with van der Waals surface area (Å²) in [7, 11) is 0. The van der Waals surface area contributed by atoms with E-state index < -0.39 is 0 Å². The number of nitrogen functional groups attached to an aromatic ring is 1. The van der Waals surface area contributed by atoms with Crippen LogP contribution in [0.1, 0.15) is 19.4 Å². The van der Waals surface area contributed by atoms with Crippen LogP contribution in [0.3, 0.4) is 0 Å². The molecule has 2 atom stereocenters. The van der Waals surface area contributed by atoms with Gasteiger partial charge in [-0.25, -0.2) is 4.68 Å². The molecule has 2 unspecified atom stereocenters. The molecule has 1 aromatic carbocycles. The number of halogens is 1. The second-order valence-electron chi connectivity index (χ2n) is 4.62. The summed E-state index contributed by atoms with van der Waals surface area (Å²) in [5.41, 5.74) is 7.09. The number of aromatic nitrogens is 4. The fourth-order valence-electron chi connectivity index (χ4n) is 2.35. The zero-order chi connectivity index (χ0) is 13.4. The number of benzene rings is 1. The molecule has 3 rings (SSSR count). The molecule has 0 bridgehead atoms. The molecule has 0 radical (unpaired) electrons. The molecule has 2 N–H and O–H groups in total. The van der Waals surface area contributed by atoms with E-state index in [0.29, 0.717) is 16.5 Å². The predicted octanol–water partition coefficient (Wildman–Crippen LogP) is 1.93. The van der Waals surface area contributed by atoms with Crippen LogP contribution in [0, 0.1) is 0 Å². The molecule has 100 valence electrons. The van der Waals surface area contributed by atoms with E-state index in [9.17, 15) is 0 Å². The van der Waals surface area contributed by atoms with Crippen molar-refractivity contribution < 1.29 is 4.74 Å². The highest BCUT2D eigenvalue weighted by molar-refractivity contribution is 6.33.